The molecule has 0 bridgehead atoms. The number of nitrogens with zero attached hydrogens (tertiary/aromatic N) is 1. The van der Waals surface area contributed by atoms with Gasteiger partial charge in [-0.15, -0.1) is 0 Å². The van der Waals surface area contributed by atoms with E-state index in [9.17, 15) is 0 Å². The van der Waals surface area contributed by atoms with Crippen molar-refractivity contribution in [2.75, 3.05) is 5.73 Å². The van der Waals surface area contributed by atoms with Crippen LogP contribution in [0.5, 0.6) is 11.6 Å². The van der Waals surface area contributed by atoms with Crippen molar-refractivity contribution in [3.05, 3.63) is 59.2 Å². The van der Waals surface area contributed by atoms with E-state index < -0.39 is 0 Å². The fourth-order valence-electron chi connectivity index (χ4n) is 2.05. The molecule has 100 valence electrons. The number of benzene rings is 2. The van der Waals surface area contributed by atoms with E-state index in [0.717, 1.165) is 16.3 Å². The highest BCUT2D eigenvalue weighted by molar-refractivity contribution is 6.35. The molecule has 0 aliphatic rings. The maximum absolute atomic E-state index is 6.19. The van der Waals surface area contributed by atoms with Crippen LogP contribution < -0.4 is 10.5 Å². The molecule has 20 heavy (non-hydrogen) atoms. The first-order chi connectivity index (χ1) is 9.66. The van der Waals surface area contributed by atoms with Gasteiger partial charge in [0.25, 0.3) is 0 Å². The van der Waals surface area contributed by atoms with Gasteiger partial charge in [0.1, 0.15) is 5.75 Å². The Morgan fingerprint density at radius 2 is 1.80 bits per heavy atom. The summed E-state index contributed by atoms with van der Waals surface area (Å²) < 4.78 is 5.86. The third kappa shape index (κ3) is 2.17. The van der Waals surface area contributed by atoms with E-state index in [0.29, 0.717) is 22.3 Å². The van der Waals surface area contributed by atoms with E-state index in [1.165, 1.54) is 0 Å². The lowest BCUT2D eigenvalue weighted by Crippen LogP contribution is -1.97. The number of hydrogen-bond donors (Lipinski definition) is 1. The maximum atomic E-state index is 6.19. The summed E-state index contributed by atoms with van der Waals surface area (Å²) in [5, 5.41) is 2.57. The Kier molecular flexibility index (Phi) is 3.20. The van der Waals surface area contributed by atoms with Crippen LogP contribution in [0, 0.1) is 6.92 Å². The summed E-state index contributed by atoms with van der Waals surface area (Å²) in [4.78, 5) is 4.18. The molecule has 0 spiro atoms. The predicted octanol–water partition coefficient (Wildman–Crippen LogP) is 4.57. The van der Waals surface area contributed by atoms with E-state index in [1.54, 1.807) is 6.20 Å². The zero-order valence-corrected chi connectivity index (χ0v) is 11.7. The van der Waals surface area contributed by atoms with Crippen LogP contribution in [0.25, 0.3) is 10.8 Å². The molecule has 1 aromatic heterocycles. The van der Waals surface area contributed by atoms with Crippen molar-refractivity contribution < 1.29 is 4.74 Å². The molecule has 0 radical (unpaired) electrons. The molecule has 2 aromatic carbocycles. The van der Waals surface area contributed by atoms with Crippen LogP contribution in [0.15, 0.2) is 48.7 Å². The van der Waals surface area contributed by atoms with E-state index in [1.807, 2.05) is 49.4 Å². The number of fused-ring (bicyclic) bond motifs is 1. The largest absolute Gasteiger partial charge is 0.436 e. The summed E-state index contributed by atoms with van der Waals surface area (Å²) in [7, 11) is 0. The molecule has 4 heteroatoms. The van der Waals surface area contributed by atoms with Crippen LogP contribution in [0.2, 0.25) is 5.02 Å². The number of aromatic nitrogens is 1. The molecule has 0 saturated carbocycles. The highest BCUT2D eigenvalue weighted by atomic mass is 35.5. The van der Waals surface area contributed by atoms with Gasteiger partial charge in [-0.1, -0.05) is 35.9 Å². The Hall–Kier alpha value is -2.26. The number of nitrogens with two attached hydrogens (primary N) is 1. The normalized spacial score (nSPS) is 10.7. The Morgan fingerprint density at radius 3 is 2.60 bits per heavy atom. The van der Waals surface area contributed by atoms with Crippen molar-refractivity contribution in [3.8, 4) is 11.6 Å². The number of pyridine rings is 1. The topological polar surface area (TPSA) is 48.1 Å². The monoisotopic (exact) mass is 284 g/mol. The molecule has 0 aliphatic heterocycles. The van der Waals surface area contributed by atoms with Crippen molar-refractivity contribution in [2.45, 2.75) is 6.92 Å². The van der Waals surface area contributed by atoms with Gasteiger partial charge in [-0.2, -0.15) is 0 Å². The average Bonchev–Trinajstić information content (AvgIpc) is 2.47. The molecule has 1 heterocycles. The molecule has 0 amide bonds. The number of nitrogen functional groups attached to an aromatic ring is 1. The van der Waals surface area contributed by atoms with Crippen LogP contribution in [0.3, 0.4) is 0 Å². The maximum Gasteiger partial charge on any atom is 0.242 e. The molecule has 0 atom stereocenters. The van der Waals surface area contributed by atoms with Crippen LogP contribution in [0.4, 0.5) is 5.69 Å². The van der Waals surface area contributed by atoms with Crippen LogP contribution in [-0.2, 0) is 0 Å². The quantitative estimate of drug-likeness (QED) is 0.750. The molecule has 3 aromatic rings. The Bertz CT molecular complexity index is 787. The summed E-state index contributed by atoms with van der Waals surface area (Å²) in [5.41, 5.74) is 7.48. The van der Waals surface area contributed by atoms with E-state index in [2.05, 4.69) is 4.98 Å². The van der Waals surface area contributed by atoms with Crippen molar-refractivity contribution in [1.29, 1.82) is 0 Å². The Balaban J connectivity index is 2.12. The molecule has 3 rings (SSSR count). The Labute approximate surface area is 122 Å². The summed E-state index contributed by atoms with van der Waals surface area (Å²) in [6.07, 6.45) is 1.68. The van der Waals surface area contributed by atoms with Gasteiger partial charge in [0.2, 0.25) is 5.88 Å². The molecule has 0 aliphatic carbocycles. The third-order valence-corrected chi connectivity index (χ3v) is 3.54. The van der Waals surface area contributed by atoms with Gasteiger partial charge in [0, 0.05) is 22.0 Å². The summed E-state index contributed by atoms with van der Waals surface area (Å²) in [5.74, 6) is 1.10. The minimum absolute atomic E-state index is 0.414. The minimum Gasteiger partial charge on any atom is -0.436 e. The van der Waals surface area contributed by atoms with Crippen molar-refractivity contribution >= 4 is 28.1 Å². The molecule has 2 N–H and O–H groups in total. The number of hydrogen-bond acceptors (Lipinski definition) is 3. The molecule has 0 unspecified atom stereocenters. The average molecular weight is 285 g/mol. The number of ether oxygens (including phenoxy) is 1. The van der Waals surface area contributed by atoms with Crippen LogP contribution >= 0.6 is 11.6 Å². The van der Waals surface area contributed by atoms with Gasteiger partial charge in [0.05, 0.1) is 5.69 Å². The fraction of sp³-hybridized carbons (Fsp3) is 0.0625. The second kappa shape index (κ2) is 5.02. The van der Waals surface area contributed by atoms with E-state index in [-0.39, 0.29) is 0 Å². The number of halogens is 1. The van der Waals surface area contributed by atoms with Crippen molar-refractivity contribution in [2.24, 2.45) is 0 Å². The highest BCUT2D eigenvalue weighted by Gasteiger charge is 2.10. The first-order valence-corrected chi connectivity index (χ1v) is 6.61. The first-order valence-electron chi connectivity index (χ1n) is 6.23. The highest BCUT2D eigenvalue weighted by Crippen LogP contribution is 2.35. The first kappa shape index (κ1) is 12.8. The smallest absolute Gasteiger partial charge is 0.242 e. The zero-order valence-electron chi connectivity index (χ0n) is 10.9. The van der Waals surface area contributed by atoms with Crippen LogP contribution in [0.1, 0.15) is 5.56 Å². The zero-order chi connectivity index (χ0) is 14.1. The molecular weight excluding hydrogens is 272 g/mol. The molecular formula is C16H13ClN2O. The van der Waals surface area contributed by atoms with Crippen molar-refractivity contribution in [1.82, 2.24) is 4.98 Å². The Morgan fingerprint density at radius 1 is 1.05 bits per heavy atom. The standard InChI is InChI=1S/C16H13ClN2O/c1-10-8-9-19-16(15(10)18)20-14-7-6-13(17)11-4-2-3-5-12(11)14/h2-9H,18H2,1H3. The molecule has 0 saturated heterocycles. The van der Waals surface area contributed by atoms with E-state index >= 15 is 0 Å². The van der Waals surface area contributed by atoms with Gasteiger partial charge in [-0.3, -0.25) is 0 Å². The fourth-order valence-corrected chi connectivity index (χ4v) is 2.28. The van der Waals surface area contributed by atoms with Crippen LogP contribution in [-0.4, -0.2) is 4.98 Å². The lowest BCUT2D eigenvalue weighted by Gasteiger charge is -2.11. The molecule has 0 fully saturated rings. The number of anilines is 1. The van der Waals surface area contributed by atoms with Gasteiger partial charge in [0.15, 0.2) is 0 Å². The minimum atomic E-state index is 0.414. The van der Waals surface area contributed by atoms with E-state index in [4.69, 9.17) is 22.1 Å². The SMILES string of the molecule is Cc1ccnc(Oc2ccc(Cl)c3ccccc23)c1N. The van der Waals surface area contributed by atoms with Gasteiger partial charge in [-0.25, -0.2) is 4.98 Å². The summed E-state index contributed by atoms with van der Waals surface area (Å²) in [6.45, 7) is 1.92. The van der Waals surface area contributed by atoms with Gasteiger partial charge in [-0.05, 0) is 30.7 Å². The number of aryl methyl sites for hydroxylation is 1. The third-order valence-electron chi connectivity index (χ3n) is 3.21. The van der Waals surface area contributed by atoms with Gasteiger partial charge < -0.3 is 10.5 Å². The predicted molar refractivity (Wildman–Crippen MR) is 82.4 cm³/mol. The lowest BCUT2D eigenvalue weighted by atomic mass is 10.1. The lowest BCUT2D eigenvalue weighted by molar-refractivity contribution is 0.470. The van der Waals surface area contributed by atoms with Crippen molar-refractivity contribution in [3.63, 3.8) is 0 Å². The second-order valence-electron chi connectivity index (χ2n) is 4.54. The second-order valence-corrected chi connectivity index (χ2v) is 4.95. The van der Waals surface area contributed by atoms with Gasteiger partial charge >= 0.3 is 0 Å². The number of rotatable bonds is 2. The molecule has 3 nitrogen and oxygen atoms in total. The summed E-state index contributed by atoms with van der Waals surface area (Å²) in [6, 6.07) is 13.3. The summed E-state index contributed by atoms with van der Waals surface area (Å²) >= 11 is 6.19.